The van der Waals surface area contributed by atoms with Gasteiger partial charge >= 0.3 is 5.97 Å². The van der Waals surface area contributed by atoms with Crippen molar-refractivity contribution in [2.24, 2.45) is 11.8 Å². The number of methoxy groups -OCH3 is 1. The van der Waals surface area contributed by atoms with Gasteiger partial charge in [0.2, 0.25) is 0 Å². The zero-order chi connectivity index (χ0) is 31.5. The van der Waals surface area contributed by atoms with Crippen molar-refractivity contribution in [1.82, 2.24) is 0 Å². The Kier molecular flexibility index (Phi) is 16.0. The van der Waals surface area contributed by atoms with Crippen molar-refractivity contribution in [3.05, 3.63) is 0 Å². The minimum Gasteiger partial charge on any atom is -0.469 e. The van der Waals surface area contributed by atoms with Crippen LogP contribution in [-0.4, -0.2) is 59.4 Å². The molecule has 41 heavy (non-hydrogen) atoms. The lowest BCUT2D eigenvalue weighted by Gasteiger charge is -2.40. The second-order valence-electron chi connectivity index (χ2n) is 15.6. The standard InChI is InChI=1S/C33H66O6Si2/c1-32(2,3)40(8,9)38-29-24-30(39-41(10,11)33(4,5)6)28(22-18-14-15-19-23-31(36)37-7)27(29)21-17-13-12-16-20-26(35)25-34/h27-30,34H,12-25H2,1-11H3. The molecule has 242 valence electrons. The topological polar surface area (TPSA) is 82.1 Å². The van der Waals surface area contributed by atoms with E-state index in [4.69, 9.17) is 18.7 Å². The largest absolute Gasteiger partial charge is 0.469 e. The first kappa shape index (κ1) is 38.5. The number of Topliss-reactive ketones (excluding diaryl/α,β-unsaturated/α-hetero) is 1. The molecule has 0 aromatic carbocycles. The monoisotopic (exact) mass is 614 g/mol. The number of rotatable bonds is 19. The molecule has 0 heterocycles. The maximum atomic E-state index is 11.5. The van der Waals surface area contributed by atoms with Gasteiger partial charge in [-0.2, -0.15) is 0 Å². The van der Waals surface area contributed by atoms with Crippen LogP contribution >= 0.6 is 0 Å². The van der Waals surface area contributed by atoms with E-state index in [-0.39, 0.29) is 40.6 Å². The van der Waals surface area contributed by atoms with Crippen LogP contribution in [0.3, 0.4) is 0 Å². The lowest BCUT2D eigenvalue weighted by molar-refractivity contribution is -0.140. The van der Waals surface area contributed by atoms with E-state index in [1.807, 2.05) is 0 Å². The summed E-state index contributed by atoms with van der Waals surface area (Å²) in [6, 6.07) is 0. The zero-order valence-electron chi connectivity index (χ0n) is 28.7. The second-order valence-corrected chi connectivity index (χ2v) is 25.1. The van der Waals surface area contributed by atoms with Crippen molar-refractivity contribution in [1.29, 1.82) is 0 Å². The fraction of sp³-hybridized carbons (Fsp3) is 0.939. The molecule has 0 amide bonds. The summed E-state index contributed by atoms with van der Waals surface area (Å²) in [6.45, 7) is 23.1. The fourth-order valence-corrected chi connectivity index (χ4v) is 8.31. The van der Waals surface area contributed by atoms with E-state index in [0.29, 0.717) is 24.7 Å². The summed E-state index contributed by atoms with van der Waals surface area (Å²) in [6.07, 6.45) is 13.1. The molecular weight excluding hydrogens is 549 g/mol. The third-order valence-electron chi connectivity index (χ3n) is 10.3. The van der Waals surface area contributed by atoms with Crippen LogP contribution in [0.4, 0.5) is 0 Å². The maximum Gasteiger partial charge on any atom is 0.305 e. The van der Waals surface area contributed by atoms with Crippen LogP contribution in [0.1, 0.15) is 125 Å². The van der Waals surface area contributed by atoms with Crippen molar-refractivity contribution < 1.29 is 28.3 Å². The van der Waals surface area contributed by atoms with Gasteiger partial charge in [0, 0.05) is 12.8 Å². The Morgan fingerprint density at radius 3 is 1.44 bits per heavy atom. The van der Waals surface area contributed by atoms with Gasteiger partial charge in [-0.25, -0.2) is 0 Å². The highest BCUT2D eigenvalue weighted by atomic mass is 28.4. The normalized spacial score (nSPS) is 22.2. The number of esters is 1. The number of carbonyl (C=O) groups is 2. The van der Waals surface area contributed by atoms with Gasteiger partial charge in [-0.15, -0.1) is 0 Å². The second kappa shape index (κ2) is 17.1. The molecule has 1 N–H and O–H groups in total. The zero-order valence-corrected chi connectivity index (χ0v) is 30.7. The number of aliphatic hydroxyl groups excluding tert-OH is 1. The van der Waals surface area contributed by atoms with Gasteiger partial charge in [-0.3, -0.25) is 9.59 Å². The van der Waals surface area contributed by atoms with Gasteiger partial charge < -0.3 is 18.7 Å². The highest BCUT2D eigenvalue weighted by Crippen LogP contribution is 2.49. The van der Waals surface area contributed by atoms with Crippen molar-refractivity contribution >= 4 is 28.4 Å². The first-order valence-electron chi connectivity index (χ1n) is 16.4. The summed E-state index contributed by atoms with van der Waals surface area (Å²) in [4.78, 5) is 23.0. The van der Waals surface area contributed by atoms with Crippen molar-refractivity contribution in [2.75, 3.05) is 13.7 Å². The van der Waals surface area contributed by atoms with E-state index in [0.717, 1.165) is 70.6 Å². The third kappa shape index (κ3) is 12.9. The summed E-state index contributed by atoms with van der Waals surface area (Å²) in [5.74, 6) is 0.791. The molecule has 0 aromatic heterocycles. The molecule has 1 rings (SSSR count). The van der Waals surface area contributed by atoms with E-state index in [2.05, 4.69) is 67.7 Å². The molecule has 8 heteroatoms. The average Bonchev–Trinajstić information content (AvgIpc) is 3.15. The summed E-state index contributed by atoms with van der Waals surface area (Å²) in [7, 11) is -2.45. The molecule has 1 saturated carbocycles. The van der Waals surface area contributed by atoms with E-state index in [9.17, 15) is 9.59 Å². The van der Waals surface area contributed by atoms with Crippen LogP contribution in [0.15, 0.2) is 0 Å². The molecule has 1 aliphatic carbocycles. The molecule has 0 spiro atoms. The maximum absolute atomic E-state index is 11.5. The molecule has 0 bridgehead atoms. The van der Waals surface area contributed by atoms with E-state index in [1.54, 1.807) is 0 Å². The third-order valence-corrected chi connectivity index (χ3v) is 19.3. The van der Waals surface area contributed by atoms with Crippen LogP contribution in [-0.2, 0) is 23.2 Å². The fourth-order valence-electron chi connectivity index (χ4n) is 5.55. The Morgan fingerprint density at radius 1 is 0.683 bits per heavy atom. The Balaban J connectivity index is 3.08. The lowest BCUT2D eigenvalue weighted by Crippen LogP contribution is -2.45. The summed E-state index contributed by atoms with van der Waals surface area (Å²) < 4.78 is 19.2. The molecular formula is C33H66O6Si2. The minimum absolute atomic E-state index is 0.0547. The molecule has 6 nitrogen and oxygen atoms in total. The van der Waals surface area contributed by atoms with Gasteiger partial charge in [0.25, 0.3) is 0 Å². The number of hydrogen-bond donors (Lipinski definition) is 1. The summed E-state index contributed by atoms with van der Waals surface area (Å²) in [5, 5.41) is 9.32. The quantitative estimate of drug-likeness (QED) is 0.0889. The van der Waals surface area contributed by atoms with Crippen molar-refractivity contribution in [2.45, 2.75) is 173 Å². The number of ketones is 1. The Morgan fingerprint density at radius 2 is 1.07 bits per heavy atom. The number of hydrogen-bond acceptors (Lipinski definition) is 6. The first-order valence-corrected chi connectivity index (χ1v) is 22.2. The Labute approximate surface area is 255 Å². The van der Waals surface area contributed by atoms with E-state index < -0.39 is 16.6 Å². The van der Waals surface area contributed by atoms with Gasteiger partial charge in [-0.1, -0.05) is 80.1 Å². The minimum atomic E-state index is -1.96. The Bertz CT molecular complexity index is 720. The predicted octanol–water partition coefficient (Wildman–Crippen LogP) is 8.82. The van der Waals surface area contributed by atoms with Gasteiger partial charge in [0.05, 0.1) is 19.3 Å². The van der Waals surface area contributed by atoms with Gasteiger partial charge in [-0.05, 0) is 80.2 Å². The SMILES string of the molecule is COC(=O)CCCCCCC1C(O[Si](C)(C)C(C)(C)C)CC(O[Si](C)(C)C(C)(C)C)C1CCCCCCC(=O)CO. The van der Waals surface area contributed by atoms with Crippen LogP contribution in [0.5, 0.6) is 0 Å². The van der Waals surface area contributed by atoms with Gasteiger partial charge in [0.1, 0.15) is 6.61 Å². The molecule has 0 aromatic rings. The molecule has 0 radical (unpaired) electrons. The van der Waals surface area contributed by atoms with E-state index in [1.165, 1.54) is 7.11 Å². The highest BCUT2D eigenvalue weighted by molar-refractivity contribution is 6.74. The number of carbonyl (C=O) groups excluding carboxylic acids is 2. The summed E-state index contributed by atoms with van der Waals surface area (Å²) in [5.41, 5.74) is 0. The van der Waals surface area contributed by atoms with Crippen LogP contribution in [0.25, 0.3) is 0 Å². The molecule has 4 unspecified atom stereocenters. The Hall–Kier alpha value is -0.546. The molecule has 0 aliphatic heterocycles. The van der Waals surface area contributed by atoms with Crippen LogP contribution in [0, 0.1) is 11.8 Å². The number of aliphatic hydroxyl groups is 1. The van der Waals surface area contributed by atoms with Crippen molar-refractivity contribution in [3.63, 3.8) is 0 Å². The number of ether oxygens (including phenoxy) is 1. The smallest absolute Gasteiger partial charge is 0.305 e. The van der Waals surface area contributed by atoms with E-state index >= 15 is 0 Å². The van der Waals surface area contributed by atoms with Crippen molar-refractivity contribution in [3.8, 4) is 0 Å². The molecule has 0 saturated heterocycles. The molecule has 4 atom stereocenters. The van der Waals surface area contributed by atoms with Crippen LogP contribution in [0.2, 0.25) is 36.3 Å². The number of unbranched alkanes of at least 4 members (excludes halogenated alkanes) is 6. The average molecular weight is 615 g/mol. The summed E-state index contributed by atoms with van der Waals surface area (Å²) >= 11 is 0. The van der Waals surface area contributed by atoms with Gasteiger partial charge in [0.15, 0.2) is 22.4 Å². The lowest BCUT2D eigenvalue weighted by atomic mass is 9.85. The first-order chi connectivity index (χ1) is 18.9. The van der Waals surface area contributed by atoms with Crippen LogP contribution < -0.4 is 0 Å². The predicted molar refractivity (Wildman–Crippen MR) is 175 cm³/mol. The molecule has 1 fully saturated rings. The highest BCUT2D eigenvalue weighted by Gasteiger charge is 2.50. The molecule has 1 aliphatic rings.